The van der Waals surface area contributed by atoms with Crippen molar-refractivity contribution in [2.75, 3.05) is 11.4 Å². The van der Waals surface area contributed by atoms with Crippen molar-refractivity contribution in [3.8, 4) is 0 Å². The molecule has 2 heterocycles. The van der Waals surface area contributed by atoms with Crippen LogP contribution < -0.4 is 15.5 Å². The van der Waals surface area contributed by atoms with Crippen molar-refractivity contribution in [2.24, 2.45) is 5.92 Å². The minimum atomic E-state index is -0.624. The Labute approximate surface area is 161 Å². The molecule has 0 aliphatic carbocycles. The highest BCUT2D eigenvalue weighted by molar-refractivity contribution is 7.80. The van der Waals surface area contributed by atoms with Gasteiger partial charge in [-0.3, -0.25) is 30.3 Å². The molecule has 0 aromatic heterocycles. The number of non-ortho nitro benzene ring substituents is 1. The Bertz CT molecular complexity index is 845. The molecular formula is C18H20N4O4S. The molecule has 2 aliphatic rings. The number of nitro benzene ring substituents is 1. The Balaban J connectivity index is 2.06. The molecule has 1 aromatic rings. The van der Waals surface area contributed by atoms with Gasteiger partial charge in [-0.2, -0.15) is 0 Å². The second-order valence-electron chi connectivity index (χ2n) is 6.97. The molecule has 0 spiro atoms. The predicted molar refractivity (Wildman–Crippen MR) is 105 cm³/mol. The number of piperidine rings is 1. The van der Waals surface area contributed by atoms with Crippen LogP contribution in [0.15, 0.2) is 23.8 Å². The Kier molecular flexibility index (Phi) is 5.22. The second-order valence-corrected chi connectivity index (χ2v) is 7.38. The van der Waals surface area contributed by atoms with E-state index in [9.17, 15) is 19.7 Å². The van der Waals surface area contributed by atoms with E-state index in [1.54, 1.807) is 6.07 Å². The highest BCUT2D eigenvalue weighted by atomic mass is 32.1. The van der Waals surface area contributed by atoms with E-state index in [1.807, 2.05) is 0 Å². The molecule has 2 N–H and O–H groups in total. The first-order valence-electron chi connectivity index (χ1n) is 8.69. The third kappa shape index (κ3) is 3.97. The van der Waals surface area contributed by atoms with Gasteiger partial charge < -0.3 is 4.90 Å². The Morgan fingerprint density at radius 2 is 1.93 bits per heavy atom. The van der Waals surface area contributed by atoms with E-state index >= 15 is 0 Å². The summed E-state index contributed by atoms with van der Waals surface area (Å²) < 4.78 is 0. The number of amides is 2. The molecule has 9 heteroatoms. The van der Waals surface area contributed by atoms with E-state index in [0.29, 0.717) is 11.5 Å². The number of rotatable bonds is 3. The van der Waals surface area contributed by atoms with Crippen LogP contribution in [0.25, 0.3) is 6.08 Å². The molecule has 2 amide bonds. The van der Waals surface area contributed by atoms with E-state index in [1.165, 1.54) is 18.2 Å². The molecule has 8 nitrogen and oxygen atoms in total. The normalized spacial score (nSPS) is 23.0. The molecule has 2 aliphatic heterocycles. The van der Waals surface area contributed by atoms with Gasteiger partial charge in [-0.25, -0.2) is 0 Å². The zero-order valence-corrected chi connectivity index (χ0v) is 15.8. The smallest absolute Gasteiger partial charge is 0.270 e. The van der Waals surface area contributed by atoms with Gasteiger partial charge in [-0.15, -0.1) is 0 Å². The molecule has 2 unspecified atom stereocenters. The lowest BCUT2D eigenvalue weighted by Gasteiger charge is -2.39. The first-order valence-corrected chi connectivity index (χ1v) is 9.10. The molecule has 142 valence electrons. The van der Waals surface area contributed by atoms with Crippen LogP contribution >= 0.6 is 12.2 Å². The third-order valence-corrected chi connectivity index (χ3v) is 5.12. The van der Waals surface area contributed by atoms with Gasteiger partial charge in [0.05, 0.1) is 4.92 Å². The fraction of sp³-hybridized carbons (Fsp3) is 0.389. The summed E-state index contributed by atoms with van der Waals surface area (Å²) in [6.45, 7) is 5.11. The highest BCUT2D eigenvalue weighted by Gasteiger charge is 2.29. The van der Waals surface area contributed by atoms with Crippen LogP contribution in [0, 0.1) is 16.0 Å². The van der Waals surface area contributed by atoms with Crippen LogP contribution in [0.4, 0.5) is 11.4 Å². The molecule has 2 saturated heterocycles. The number of benzene rings is 1. The van der Waals surface area contributed by atoms with E-state index in [0.717, 1.165) is 25.1 Å². The van der Waals surface area contributed by atoms with E-state index in [-0.39, 0.29) is 22.4 Å². The Hall–Kier alpha value is -2.81. The topological polar surface area (TPSA) is 105 Å². The van der Waals surface area contributed by atoms with Gasteiger partial charge in [0.15, 0.2) is 5.11 Å². The summed E-state index contributed by atoms with van der Waals surface area (Å²) in [6.07, 6.45) is 3.40. The van der Waals surface area contributed by atoms with E-state index < -0.39 is 16.7 Å². The van der Waals surface area contributed by atoms with Crippen molar-refractivity contribution in [1.82, 2.24) is 10.6 Å². The molecule has 2 atom stereocenters. The molecule has 0 saturated carbocycles. The first-order chi connectivity index (χ1) is 12.8. The molecule has 2 fully saturated rings. The standard InChI is InChI=1S/C18H20N4O4S/c1-10-5-6-21(11(2)7-10)15-4-3-13(22(25)26)8-12(15)9-14-16(23)19-18(27)20-17(14)24/h3-4,8-11H,5-7H2,1-2H3,(H2,19,20,23,24,27). The van der Waals surface area contributed by atoms with E-state index in [2.05, 4.69) is 29.4 Å². The minimum Gasteiger partial charge on any atom is -0.368 e. The van der Waals surface area contributed by atoms with Crippen molar-refractivity contribution in [3.05, 3.63) is 39.4 Å². The van der Waals surface area contributed by atoms with E-state index in [4.69, 9.17) is 12.2 Å². The molecule has 1 aromatic carbocycles. The zero-order valence-electron chi connectivity index (χ0n) is 15.0. The summed E-state index contributed by atoms with van der Waals surface area (Å²) in [6, 6.07) is 4.76. The summed E-state index contributed by atoms with van der Waals surface area (Å²) in [4.78, 5) is 37.2. The van der Waals surface area contributed by atoms with Crippen LogP contribution in [0.3, 0.4) is 0 Å². The maximum atomic E-state index is 12.2. The summed E-state index contributed by atoms with van der Waals surface area (Å²) in [7, 11) is 0. The number of nitrogens with one attached hydrogen (secondary N) is 2. The van der Waals surface area contributed by atoms with Gasteiger partial charge in [0.2, 0.25) is 0 Å². The minimum absolute atomic E-state index is 0.0555. The fourth-order valence-electron chi connectivity index (χ4n) is 3.56. The van der Waals surface area contributed by atoms with Gasteiger partial charge in [0, 0.05) is 36.0 Å². The summed E-state index contributed by atoms with van der Waals surface area (Å²) in [5.74, 6) is -0.643. The summed E-state index contributed by atoms with van der Waals surface area (Å²) in [5, 5.41) is 15.9. The summed E-state index contributed by atoms with van der Waals surface area (Å²) >= 11 is 4.80. The quantitative estimate of drug-likeness (QED) is 0.270. The third-order valence-electron chi connectivity index (χ3n) is 4.91. The van der Waals surface area contributed by atoms with Gasteiger partial charge in [0.1, 0.15) is 5.57 Å². The van der Waals surface area contributed by atoms with Crippen LogP contribution in [0.5, 0.6) is 0 Å². The Morgan fingerprint density at radius 3 is 2.52 bits per heavy atom. The number of carbonyl (C=O) groups excluding carboxylic acids is 2. The van der Waals surface area contributed by atoms with Gasteiger partial charge in [-0.05, 0) is 50.0 Å². The van der Waals surface area contributed by atoms with Crippen molar-refractivity contribution < 1.29 is 14.5 Å². The zero-order chi connectivity index (χ0) is 19.7. The molecule has 27 heavy (non-hydrogen) atoms. The lowest BCUT2D eigenvalue weighted by atomic mass is 9.92. The SMILES string of the molecule is CC1CCN(c2ccc([N+](=O)[O-])cc2C=C2C(=O)NC(=S)NC2=O)C(C)C1. The number of thiocarbonyl (C=S) groups is 1. The fourth-order valence-corrected chi connectivity index (χ4v) is 3.75. The average molecular weight is 388 g/mol. The second kappa shape index (κ2) is 7.43. The number of anilines is 1. The van der Waals surface area contributed by atoms with Crippen LogP contribution in [-0.2, 0) is 9.59 Å². The Morgan fingerprint density at radius 1 is 1.26 bits per heavy atom. The number of nitrogens with zero attached hydrogens (tertiary/aromatic N) is 2. The number of hydrogen-bond acceptors (Lipinski definition) is 6. The largest absolute Gasteiger partial charge is 0.368 e. The van der Waals surface area contributed by atoms with Gasteiger partial charge in [0.25, 0.3) is 17.5 Å². The van der Waals surface area contributed by atoms with Crippen LogP contribution in [0.2, 0.25) is 0 Å². The van der Waals surface area contributed by atoms with Crippen molar-refractivity contribution >= 4 is 46.6 Å². The molecule has 3 rings (SSSR count). The van der Waals surface area contributed by atoms with Crippen molar-refractivity contribution in [1.29, 1.82) is 0 Å². The lowest BCUT2D eigenvalue weighted by molar-refractivity contribution is -0.384. The first kappa shape index (κ1) is 19.0. The maximum Gasteiger partial charge on any atom is 0.270 e. The van der Waals surface area contributed by atoms with Crippen LogP contribution in [-0.4, -0.2) is 34.4 Å². The molecule has 0 radical (unpaired) electrons. The monoisotopic (exact) mass is 388 g/mol. The van der Waals surface area contributed by atoms with Crippen LogP contribution in [0.1, 0.15) is 32.3 Å². The van der Waals surface area contributed by atoms with Gasteiger partial charge in [-0.1, -0.05) is 6.92 Å². The lowest BCUT2D eigenvalue weighted by Crippen LogP contribution is -2.51. The molecule has 0 bridgehead atoms. The maximum absolute atomic E-state index is 12.2. The predicted octanol–water partition coefficient (Wildman–Crippen LogP) is 2.13. The molecular weight excluding hydrogens is 368 g/mol. The van der Waals surface area contributed by atoms with Gasteiger partial charge >= 0.3 is 0 Å². The highest BCUT2D eigenvalue weighted by Crippen LogP contribution is 2.33. The van der Waals surface area contributed by atoms with Crippen molar-refractivity contribution in [3.63, 3.8) is 0 Å². The number of hydrogen-bond donors (Lipinski definition) is 2. The number of carbonyl (C=O) groups is 2. The number of nitro groups is 1. The summed E-state index contributed by atoms with van der Waals surface area (Å²) in [5.41, 5.74) is 0.985. The van der Waals surface area contributed by atoms with Crippen molar-refractivity contribution in [2.45, 2.75) is 32.7 Å². The average Bonchev–Trinajstić information content (AvgIpc) is 2.58.